The summed E-state index contributed by atoms with van der Waals surface area (Å²) in [5.41, 5.74) is 0.977. The molecule has 0 fully saturated rings. The highest BCUT2D eigenvalue weighted by Gasteiger charge is 2.16. The van der Waals surface area contributed by atoms with E-state index in [4.69, 9.17) is 0 Å². The second kappa shape index (κ2) is 3.97. The summed E-state index contributed by atoms with van der Waals surface area (Å²) in [5.74, 6) is 0.0143. The van der Waals surface area contributed by atoms with Crippen molar-refractivity contribution < 1.29 is 4.92 Å². The lowest BCUT2D eigenvalue weighted by Crippen LogP contribution is -2.00. The molecule has 0 N–H and O–H groups in total. The first-order valence-corrected chi connectivity index (χ1v) is 5.06. The van der Waals surface area contributed by atoms with Gasteiger partial charge in [-0.05, 0) is 39.4 Å². The topological polar surface area (TPSA) is 86.7 Å². The van der Waals surface area contributed by atoms with E-state index < -0.39 is 10.9 Å². The molecule has 2 heterocycles. The van der Waals surface area contributed by atoms with E-state index >= 15 is 0 Å². The van der Waals surface area contributed by atoms with Crippen LogP contribution in [-0.4, -0.2) is 24.7 Å². The highest BCUT2D eigenvalue weighted by molar-refractivity contribution is 9.10. The molecule has 82 valence electrons. The molecule has 0 saturated carbocycles. The van der Waals surface area contributed by atoms with Gasteiger partial charge in [-0.1, -0.05) is 4.98 Å². The van der Waals surface area contributed by atoms with Gasteiger partial charge in [0.05, 0.1) is 4.47 Å². The molecule has 0 aliphatic heterocycles. The maximum absolute atomic E-state index is 10.4. The first kappa shape index (κ1) is 10.7. The van der Waals surface area contributed by atoms with Crippen LogP contribution in [0.5, 0.6) is 0 Å². The standard InChI is InChI=1S/C8H6BrN5O2/c1-5-2-6(9)7(10-3-5)13-4-11-8(12-13)14(15)16/h2-4H,1H3. The lowest BCUT2D eigenvalue weighted by Gasteiger charge is -1.99. The summed E-state index contributed by atoms with van der Waals surface area (Å²) in [5, 5.41) is 14.1. The van der Waals surface area contributed by atoms with Crippen LogP contribution in [0.25, 0.3) is 5.82 Å². The Labute approximate surface area is 98.4 Å². The minimum absolute atomic E-state index is 0.450. The molecule has 2 aromatic heterocycles. The molecule has 0 aliphatic carbocycles. The van der Waals surface area contributed by atoms with Crippen LogP contribution in [0.4, 0.5) is 5.95 Å². The molecule has 2 rings (SSSR count). The van der Waals surface area contributed by atoms with E-state index in [9.17, 15) is 10.1 Å². The second-order valence-corrected chi connectivity index (χ2v) is 3.92. The number of halogens is 1. The van der Waals surface area contributed by atoms with Crippen LogP contribution in [0.15, 0.2) is 23.1 Å². The zero-order valence-electron chi connectivity index (χ0n) is 8.16. The van der Waals surface area contributed by atoms with Crippen molar-refractivity contribution in [3.05, 3.63) is 38.7 Å². The quantitative estimate of drug-likeness (QED) is 0.618. The first-order chi connectivity index (χ1) is 7.58. The van der Waals surface area contributed by atoms with E-state index in [0.717, 1.165) is 5.56 Å². The van der Waals surface area contributed by atoms with Crippen LogP contribution >= 0.6 is 15.9 Å². The smallest absolute Gasteiger partial charge is 0.390 e. The van der Waals surface area contributed by atoms with Crippen molar-refractivity contribution in [2.24, 2.45) is 0 Å². The number of hydrogen-bond donors (Lipinski definition) is 0. The zero-order valence-corrected chi connectivity index (χ0v) is 9.75. The number of pyridine rings is 1. The van der Waals surface area contributed by atoms with Gasteiger partial charge in [-0.3, -0.25) is 0 Å². The van der Waals surface area contributed by atoms with Gasteiger partial charge in [0.25, 0.3) is 0 Å². The summed E-state index contributed by atoms with van der Waals surface area (Å²) in [7, 11) is 0. The third-order valence-corrected chi connectivity index (χ3v) is 2.40. The average Bonchev–Trinajstić information content (AvgIpc) is 2.66. The molecule has 0 bridgehead atoms. The highest BCUT2D eigenvalue weighted by Crippen LogP contribution is 2.19. The summed E-state index contributed by atoms with van der Waals surface area (Å²) in [6.45, 7) is 1.89. The molecule has 8 heteroatoms. The minimum atomic E-state index is -0.654. The zero-order chi connectivity index (χ0) is 11.7. The summed E-state index contributed by atoms with van der Waals surface area (Å²) < 4.78 is 1.95. The van der Waals surface area contributed by atoms with E-state index in [2.05, 4.69) is 31.0 Å². The Kier molecular flexibility index (Phi) is 2.65. The number of nitrogens with zero attached hydrogens (tertiary/aromatic N) is 5. The van der Waals surface area contributed by atoms with Gasteiger partial charge in [0.15, 0.2) is 5.82 Å². The molecule has 0 unspecified atom stereocenters. The number of rotatable bonds is 2. The van der Waals surface area contributed by atoms with Crippen LogP contribution in [-0.2, 0) is 0 Å². The second-order valence-electron chi connectivity index (χ2n) is 3.06. The van der Waals surface area contributed by atoms with Gasteiger partial charge in [0, 0.05) is 11.3 Å². The molecular weight excluding hydrogens is 278 g/mol. The molecule has 0 radical (unpaired) electrons. The predicted molar refractivity (Wildman–Crippen MR) is 58.2 cm³/mol. The maximum Gasteiger partial charge on any atom is 0.491 e. The van der Waals surface area contributed by atoms with Gasteiger partial charge in [-0.25, -0.2) is 4.98 Å². The summed E-state index contributed by atoms with van der Waals surface area (Å²) in [6.07, 6.45) is 2.90. The Morgan fingerprint density at radius 2 is 2.25 bits per heavy atom. The Morgan fingerprint density at radius 1 is 1.50 bits per heavy atom. The van der Waals surface area contributed by atoms with E-state index in [-0.39, 0.29) is 0 Å². The van der Waals surface area contributed by atoms with Crippen molar-refractivity contribution in [2.75, 3.05) is 0 Å². The van der Waals surface area contributed by atoms with Crippen molar-refractivity contribution >= 4 is 21.9 Å². The molecular formula is C8H6BrN5O2. The Balaban J connectivity index is 2.46. The third kappa shape index (κ3) is 1.91. The predicted octanol–water partition coefficient (Wildman–Crippen LogP) is 1.64. The normalized spacial score (nSPS) is 10.4. The molecule has 0 amide bonds. The lowest BCUT2D eigenvalue weighted by atomic mass is 10.3. The van der Waals surface area contributed by atoms with E-state index in [1.165, 1.54) is 11.0 Å². The Bertz CT molecular complexity index is 553. The number of aryl methyl sites for hydroxylation is 1. The monoisotopic (exact) mass is 283 g/mol. The highest BCUT2D eigenvalue weighted by atomic mass is 79.9. The van der Waals surface area contributed by atoms with E-state index in [0.29, 0.717) is 10.3 Å². The molecule has 0 spiro atoms. The van der Waals surface area contributed by atoms with Gasteiger partial charge < -0.3 is 10.1 Å². The fourth-order valence-corrected chi connectivity index (χ4v) is 1.78. The van der Waals surface area contributed by atoms with Crippen LogP contribution in [0.3, 0.4) is 0 Å². The van der Waals surface area contributed by atoms with Gasteiger partial charge in [-0.15, -0.1) is 4.68 Å². The molecule has 0 atom stereocenters. The molecule has 7 nitrogen and oxygen atoms in total. The van der Waals surface area contributed by atoms with Crippen LogP contribution < -0.4 is 0 Å². The fourth-order valence-electron chi connectivity index (χ4n) is 1.13. The summed E-state index contributed by atoms with van der Waals surface area (Å²) >= 11 is 3.31. The summed E-state index contributed by atoms with van der Waals surface area (Å²) in [4.78, 5) is 17.4. The number of aromatic nitrogens is 4. The van der Waals surface area contributed by atoms with Crippen molar-refractivity contribution in [1.29, 1.82) is 0 Å². The summed E-state index contributed by atoms with van der Waals surface area (Å²) in [6, 6.07) is 1.84. The largest absolute Gasteiger partial charge is 0.491 e. The van der Waals surface area contributed by atoms with Crippen molar-refractivity contribution in [3.8, 4) is 5.82 Å². The SMILES string of the molecule is Cc1cnc(-n2cnc([N+](=O)[O-])n2)c(Br)c1. The van der Waals surface area contributed by atoms with Crippen LogP contribution in [0, 0.1) is 17.0 Å². The van der Waals surface area contributed by atoms with E-state index in [1.54, 1.807) is 6.20 Å². The van der Waals surface area contributed by atoms with Gasteiger partial charge >= 0.3 is 5.95 Å². The Hall–Kier alpha value is -1.83. The van der Waals surface area contributed by atoms with Gasteiger partial charge in [-0.2, -0.15) is 0 Å². The fraction of sp³-hybridized carbons (Fsp3) is 0.125. The van der Waals surface area contributed by atoms with Crippen LogP contribution in [0.2, 0.25) is 0 Å². The van der Waals surface area contributed by atoms with Crippen molar-refractivity contribution in [2.45, 2.75) is 6.92 Å². The molecule has 0 saturated heterocycles. The van der Waals surface area contributed by atoms with Crippen molar-refractivity contribution in [3.63, 3.8) is 0 Å². The third-order valence-electron chi connectivity index (χ3n) is 1.82. The van der Waals surface area contributed by atoms with Gasteiger partial charge in [0.2, 0.25) is 6.33 Å². The molecule has 0 aromatic carbocycles. The van der Waals surface area contributed by atoms with E-state index in [1.807, 2.05) is 13.0 Å². The minimum Gasteiger partial charge on any atom is -0.390 e. The number of hydrogen-bond acceptors (Lipinski definition) is 5. The number of nitro groups is 1. The first-order valence-electron chi connectivity index (χ1n) is 4.26. The average molecular weight is 284 g/mol. The maximum atomic E-state index is 10.4. The van der Waals surface area contributed by atoms with Crippen molar-refractivity contribution in [1.82, 2.24) is 19.7 Å². The Morgan fingerprint density at radius 3 is 2.81 bits per heavy atom. The van der Waals surface area contributed by atoms with Gasteiger partial charge in [0.1, 0.15) is 0 Å². The lowest BCUT2D eigenvalue weighted by molar-refractivity contribution is -0.394. The molecule has 16 heavy (non-hydrogen) atoms. The molecule has 0 aliphatic rings. The van der Waals surface area contributed by atoms with Crippen LogP contribution in [0.1, 0.15) is 5.56 Å². The molecule has 2 aromatic rings.